The van der Waals surface area contributed by atoms with Gasteiger partial charge in [0.25, 0.3) is 0 Å². The summed E-state index contributed by atoms with van der Waals surface area (Å²) in [5.41, 5.74) is 7.27. The van der Waals surface area contributed by atoms with Crippen molar-refractivity contribution < 1.29 is 9.84 Å². The van der Waals surface area contributed by atoms with Gasteiger partial charge in [-0.2, -0.15) is 0 Å². The second-order valence-electron chi connectivity index (χ2n) is 5.33. The lowest BCUT2D eigenvalue weighted by Gasteiger charge is -2.21. The summed E-state index contributed by atoms with van der Waals surface area (Å²) < 4.78 is 5.21. The Hall–Kier alpha value is -1.32. The summed E-state index contributed by atoms with van der Waals surface area (Å²) in [6.07, 6.45) is -0.582. The van der Waals surface area contributed by atoms with Crippen LogP contribution in [0.25, 0.3) is 0 Å². The summed E-state index contributed by atoms with van der Waals surface area (Å²) in [6.45, 7) is 10.6. The molecular weight excluding hydrogens is 268 g/mol. The zero-order chi connectivity index (χ0) is 15.0. The van der Waals surface area contributed by atoms with Crippen LogP contribution < -0.4 is 4.74 Å². The third-order valence-corrected chi connectivity index (χ3v) is 5.40. The molecular formula is C17H22O2S. The van der Waals surface area contributed by atoms with E-state index in [0.29, 0.717) is 0 Å². The van der Waals surface area contributed by atoms with Gasteiger partial charge in [-0.25, -0.2) is 0 Å². The summed E-state index contributed by atoms with van der Waals surface area (Å²) in [5, 5.41) is 12.7. The highest BCUT2D eigenvalue weighted by atomic mass is 32.1. The molecule has 3 heteroatoms. The minimum absolute atomic E-state index is 0.582. The van der Waals surface area contributed by atoms with Crippen LogP contribution >= 0.6 is 11.3 Å². The average molecular weight is 290 g/mol. The largest absolute Gasteiger partial charge is 0.496 e. The Labute approximate surface area is 125 Å². The van der Waals surface area contributed by atoms with Crippen LogP contribution in [0, 0.1) is 34.6 Å². The van der Waals surface area contributed by atoms with Gasteiger partial charge in [-0.3, -0.25) is 0 Å². The Morgan fingerprint density at radius 3 is 1.90 bits per heavy atom. The molecule has 1 heterocycles. The van der Waals surface area contributed by atoms with Crippen LogP contribution in [0.4, 0.5) is 0 Å². The van der Waals surface area contributed by atoms with Crippen molar-refractivity contribution in [2.24, 2.45) is 0 Å². The lowest BCUT2D eigenvalue weighted by atomic mass is 9.87. The maximum Gasteiger partial charge on any atom is 0.129 e. The second kappa shape index (κ2) is 5.58. The van der Waals surface area contributed by atoms with Crippen molar-refractivity contribution in [3.8, 4) is 5.75 Å². The molecule has 1 aromatic heterocycles. The molecule has 0 fully saturated rings. The third kappa shape index (κ3) is 2.36. The van der Waals surface area contributed by atoms with E-state index in [2.05, 4.69) is 34.6 Å². The fourth-order valence-electron chi connectivity index (χ4n) is 2.67. The van der Waals surface area contributed by atoms with Crippen LogP contribution in [-0.2, 0) is 0 Å². The van der Waals surface area contributed by atoms with E-state index in [1.54, 1.807) is 7.11 Å². The Balaban J connectivity index is 2.57. The zero-order valence-corrected chi connectivity index (χ0v) is 13.8. The Morgan fingerprint density at radius 1 is 0.950 bits per heavy atom. The van der Waals surface area contributed by atoms with E-state index < -0.39 is 6.10 Å². The third-order valence-electron chi connectivity index (χ3n) is 4.43. The molecule has 1 aromatic carbocycles. The van der Waals surface area contributed by atoms with Gasteiger partial charge in [0.05, 0.1) is 7.11 Å². The molecule has 2 nitrogen and oxygen atoms in total. The highest BCUT2D eigenvalue weighted by Gasteiger charge is 2.21. The predicted molar refractivity (Wildman–Crippen MR) is 85.1 cm³/mol. The van der Waals surface area contributed by atoms with Crippen LogP contribution in [0.15, 0.2) is 11.4 Å². The molecule has 1 unspecified atom stereocenters. The number of benzene rings is 1. The highest BCUT2D eigenvalue weighted by molar-refractivity contribution is 7.10. The second-order valence-corrected chi connectivity index (χ2v) is 6.27. The normalized spacial score (nSPS) is 12.6. The quantitative estimate of drug-likeness (QED) is 0.909. The van der Waals surface area contributed by atoms with Crippen LogP contribution in [0.1, 0.15) is 44.4 Å². The smallest absolute Gasteiger partial charge is 0.129 e. The molecule has 1 N–H and O–H groups in total. The average Bonchev–Trinajstić information content (AvgIpc) is 2.92. The van der Waals surface area contributed by atoms with Crippen molar-refractivity contribution in [3.63, 3.8) is 0 Å². The van der Waals surface area contributed by atoms with Gasteiger partial charge >= 0.3 is 0 Å². The van der Waals surface area contributed by atoms with Crippen molar-refractivity contribution in [2.75, 3.05) is 7.11 Å². The first kappa shape index (κ1) is 15.1. The van der Waals surface area contributed by atoms with E-state index in [4.69, 9.17) is 4.74 Å². The molecule has 0 amide bonds. The number of hydrogen-bond donors (Lipinski definition) is 1. The van der Waals surface area contributed by atoms with Crippen molar-refractivity contribution >= 4 is 11.3 Å². The van der Waals surface area contributed by atoms with Gasteiger partial charge in [0, 0.05) is 10.3 Å². The van der Waals surface area contributed by atoms with Crippen molar-refractivity contribution in [1.82, 2.24) is 0 Å². The summed E-state index contributed by atoms with van der Waals surface area (Å²) in [7, 11) is 1.65. The van der Waals surface area contributed by atoms with Gasteiger partial charge in [0.2, 0.25) is 0 Å². The summed E-state index contributed by atoms with van der Waals surface area (Å²) in [5.74, 6) is 0.805. The van der Waals surface area contributed by atoms with Gasteiger partial charge in [0.15, 0.2) is 0 Å². The molecule has 0 saturated heterocycles. The monoisotopic (exact) mass is 290 g/mol. The highest BCUT2D eigenvalue weighted by Crippen LogP contribution is 2.37. The standard InChI is InChI=1S/C17H22O2S/c1-9-10(2)12(4)16(13(5)11(9)3)17(18)15-7-14(19-6)8-20-15/h7-8,17-18H,1-6H3. The van der Waals surface area contributed by atoms with E-state index in [1.807, 2.05) is 11.4 Å². The molecule has 0 spiro atoms. The molecule has 0 aliphatic rings. The van der Waals surface area contributed by atoms with Gasteiger partial charge in [-0.1, -0.05) is 0 Å². The van der Waals surface area contributed by atoms with Crippen LogP contribution in [-0.4, -0.2) is 12.2 Å². The van der Waals surface area contributed by atoms with Gasteiger partial charge < -0.3 is 9.84 Å². The molecule has 0 aliphatic heterocycles. The Morgan fingerprint density at radius 2 is 1.45 bits per heavy atom. The number of hydrogen-bond acceptors (Lipinski definition) is 3. The number of aliphatic hydroxyl groups excluding tert-OH is 1. The fourth-order valence-corrected chi connectivity index (χ4v) is 3.51. The molecule has 0 bridgehead atoms. The number of ether oxygens (including phenoxy) is 1. The maximum atomic E-state index is 10.8. The van der Waals surface area contributed by atoms with Crippen molar-refractivity contribution in [2.45, 2.75) is 40.7 Å². The van der Waals surface area contributed by atoms with E-state index >= 15 is 0 Å². The van der Waals surface area contributed by atoms with Gasteiger partial charge in [-0.15, -0.1) is 11.3 Å². The fraction of sp³-hybridized carbons (Fsp3) is 0.412. The lowest BCUT2D eigenvalue weighted by Crippen LogP contribution is -2.08. The molecule has 0 aliphatic carbocycles. The molecule has 0 radical (unpaired) electrons. The first-order valence-corrected chi connectivity index (χ1v) is 7.63. The number of rotatable bonds is 3. The van der Waals surface area contributed by atoms with Crippen LogP contribution in [0.5, 0.6) is 5.75 Å². The zero-order valence-electron chi connectivity index (χ0n) is 13.0. The molecule has 2 aromatic rings. The van der Waals surface area contributed by atoms with Gasteiger partial charge in [0.1, 0.15) is 11.9 Å². The summed E-state index contributed by atoms with van der Waals surface area (Å²) >= 11 is 1.54. The van der Waals surface area contributed by atoms with E-state index in [0.717, 1.165) is 16.2 Å². The minimum atomic E-state index is -0.582. The predicted octanol–water partition coefficient (Wildman–Crippen LogP) is 4.38. The molecule has 0 saturated carbocycles. The topological polar surface area (TPSA) is 29.5 Å². The first-order valence-electron chi connectivity index (χ1n) is 6.75. The number of methoxy groups -OCH3 is 1. The summed E-state index contributed by atoms with van der Waals surface area (Å²) in [6, 6.07) is 1.92. The minimum Gasteiger partial charge on any atom is -0.496 e. The van der Waals surface area contributed by atoms with Gasteiger partial charge in [-0.05, 0) is 74.1 Å². The Bertz CT molecular complexity index is 612. The summed E-state index contributed by atoms with van der Waals surface area (Å²) in [4.78, 5) is 0.927. The number of aliphatic hydroxyl groups is 1. The van der Waals surface area contributed by atoms with E-state index in [9.17, 15) is 5.11 Å². The molecule has 20 heavy (non-hydrogen) atoms. The maximum absolute atomic E-state index is 10.8. The first-order chi connectivity index (χ1) is 9.38. The van der Waals surface area contributed by atoms with Crippen LogP contribution in [0.3, 0.4) is 0 Å². The number of thiophene rings is 1. The van der Waals surface area contributed by atoms with E-state index in [1.165, 1.54) is 39.2 Å². The van der Waals surface area contributed by atoms with Crippen molar-refractivity contribution in [3.05, 3.63) is 49.7 Å². The van der Waals surface area contributed by atoms with Crippen LogP contribution in [0.2, 0.25) is 0 Å². The Kier molecular flexibility index (Phi) is 4.21. The van der Waals surface area contributed by atoms with Crippen molar-refractivity contribution in [1.29, 1.82) is 0 Å². The molecule has 108 valence electrons. The molecule has 1 atom stereocenters. The SMILES string of the molecule is COc1csc(C(O)c2c(C)c(C)c(C)c(C)c2C)c1. The molecule has 2 rings (SSSR count). The lowest BCUT2D eigenvalue weighted by molar-refractivity contribution is 0.222. The van der Waals surface area contributed by atoms with E-state index in [-0.39, 0.29) is 0 Å².